The highest BCUT2D eigenvalue weighted by molar-refractivity contribution is 5.87. The van der Waals surface area contributed by atoms with Crippen LogP contribution in [0.5, 0.6) is 0 Å². The van der Waals surface area contributed by atoms with Crippen LogP contribution < -0.4 is 16.4 Å². The Bertz CT molecular complexity index is 219. The first-order valence-corrected chi connectivity index (χ1v) is 4.56. The Labute approximate surface area is 84.4 Å². The molecular formula is C9H19N3O2. The molecule has 0 aliphatic rings. The van der Waals surface area contributed by atoms with Crippen LogP contribution in [-0.2, 0) is 9.59 Å². The number of hydrogen-bond acceptors (Lipinski definition) is 3. The first-order chi connectivity index (χ1) is 6.22. The van der Waals surface area contributed by atoms with Crippen LogP contribution in [0.3, 0.4) is 0 Å². The number of amides is 2. The van der Waals surface area contributed by atoms with Crippen LogP contribution in [0.25, 0.3) is 0 Å². The molecule has 2 amide bonds. The summed E-state index contributed by atoms with van der Waals surface area (Å²) in [5.74, 6) is -0.541. The van der Waals surface area contributed by atoms with Gasteiger partial charge in [-0.2, -0.15) is 0 Å². The molecule has 0 bridgehead atoms. The van der Waals surface area contributed by atoms with Crippen molar-refractivity contribution in [2.45, 2.75) is 39.3 Å². The molecule has 5 nitrogen and oxygen atoms in total. The predicted octanol–water partition coefficient (Wildman–Crippen LogP) is -0.635. The molecule has 0 saturated heterocycles. The fourth-order valence-electron chi connectivity index (χ4n) is 0.791. The normalized spacial score (nSPS) is 13.2. The van der Waals surface area contributed by atoms with Gasteiger partial charge in [0.15, 0.2) is 0 Å². The van der Waals surface area contributed by atoms with E-state index in [1.54, 1.807) is 6.92 Å². The molecule has 0 aromatic rings. The number of hydrogen-bond donors (Lipinski definition) is 3. The van der Waals surface area contributed by atoms with Gasteiger partial charge >= 0.3 is 0 Å². The molecule has 0 rings (SSSR count). The fourth-order valence-corrected chi connectivity index (χ4v) is 0.791. The van der Waals surface area contributed by atoms with Crippen LogP contribution in [0.2, 0.25) is 0 Å². The summed E-state index contributed by atoms with van der Waals surface area (Å²) in [7, 11) is 0. The first-order valence-electron chi connectivity index (χ1n) is 4.56. The van der Waals surface area contributed by atoms with Gasteiger partial charge in [-0.15, -0.1) is 0 Å². The third-order valence-corrected chi connectivity index (χ3v) is 1.35. The van der Waals surface area contributed by atoms with Crippen molar-refractivity contribution in [3.8, 4) is 0 Å². The maximum absolute atomic E-state index is 11.2. The molecule has 0 aromatic heterocycles. The van der Waals surface area contributed by atoms with E-state index in [1.807, 2.05) is 20.8 Å². The first kappa shape index (κ1) is 12.9. The van der Waals surface area contributed by atoms with E-state index in [1.165, 1.54) is 0 Å². The van der Waals surface area contributed by atoms with Gasteiger partial charge in [-0.25, -0.2) is 0 Å². The average Bonchev–Trinajstić information content (AvgIpc) is 1.96. The quantitative estimate of drug-likeness (QED) is 0.568. The second-order valence-electron chi connectivity index (χ2n) is 4.30. The molecule has 0 saturated carbocycles. The molecule has 14 heavy (non-hydrogen) atoms. The van der Waals surface area contributed by atoms with Crippen molar-refractivity contribution in [2.75, 3.05) is 6.54 Å². The molecule has 82 valence electrons. The molecule has 4 N–H and O–H groups in total. The monoisotopic (exact) mass is 201 g/mol. The standard InChI is InChI=1S/C9H19N3O2/c1-6(10)8(14)11-5-7(13)12-9(2,3)4/h6H,5,10H2,1-4H3,(H,11,14)(H,12,13)/t6-/m1/s1. The Kier molecular flexibility index (Phi) is 4.56. The molecule has 0 aliphatic carbocycles. The third kappa shape index (κ3) is 6.42. The summed E-state index contributed by atoms with van der Waals surface area (Å²) in [6.45, 7) is 7.16. The molecule has 0 aliphatic heterocycles. The highest BCUT2D eigenvalue weighted by atomic mass is 16.2. The highest BCUT2D eigenvalue weighted by Gasteiger charge is 2.14. The summed E-state index contributed by atoms with van der Waals surface area (Å²) >= 11 is 0. The molecular weight excluding hydrogens is 182 g/mol. The number of nitrogens with one attached hydrogen (secondary N) is 2. The van der Waals surface area contributed by atoms with Crippen LogP contribution in [0.15, 0.2) is 0 Å². The van der Waals surface area contributed by atoms with Crippen molar-refractivity contribution < 1.29 is 9.59 Å². The van der Waals surface area contributed by atoms with Gasteiger partial charge in [-0.05, 0) is 27.7 Å². The summed E-state index contributed by atoms with van der Waals surface area (Å²) in [5, 5.41) is 5.15. The van der Waals surface area contributed by atoms with Crippen LogP contribution in [0.4, 0.5) is 0 Å². The molecule has 0 aromatic carbocycles. The van der Waals surface area contributed by atoms with Gasteiger partial charge < -0.3 is 16.4 Å². The van der Waals surface area contributed by atoms with Crippen molar-refractivity contribution in [2.24, 2.45) is 5.73 Å². The van der Waals surface area contributed by atoms with E-state index in [0.29, 0.717) is 0 Å². The summed E-state index contributed by atoms with van der Waals surface area (Å²) in [6, 6.07) is -0.586. The maximum Gasteiger partial charge on any atom is 0.239 e. The van der Waals surface area contributed by atoms with Crippen molar-refractivity contribution in [1.82, 2.24) is 10.6 Å². The van der Waals surface area contributed by atoms with E-state index in [2.05, 4.69) is 10.6 Å². The van der Waals surface area contributed by atoms with Gasteiger partial charge in [0.2, 0.25) is 11.8 Å². The Balaban J connectivity index is 3.81. The Morgan fingerprint density at radius 3 is 2.21 bits per heavy atom. The zero-order chi connectivity index (χ0) is 11.4. The maximum atomic E-state index is 11.2. The van der Waals surface area contributed by atoms with Crippen molar-refractivity contribution in [3.05, 3.63) is 0 Å². The number of carbonyl (C=O) groups excluding carboxylic acids is 2. The van der Waals surface area contributed by atoms with Crippen molar-refractivity contribution >= 4 is 11.8 Å². The van der Waals surface area contributed by atoms with Crippen LogP contribution in [-0.4, -0.2) is 29.9 Å². The minimum atomic E-state index is -0.586. The Hall–Kier alpha value is -1.10. The lowest BCUT2D eigenvalue weighted by atomic mass is 10.1. The lowest BCUT2D eigenvalue weighted by Crippen LogP contribution is -2.48. The van der Waals surface area contributed by atoms with Crippen LogP contribution in [0.1, 0.15) is 27.7 Å². The summed E-state index contributed by atoms with van der Waals surface area (Å²) < 4.78 is 0. The molecule has 0 radical (unpaired) electrons. The van der Waals surface area contributed by atoms with E-state index >= 15 is 0 Å². The summed E-state index contributed by atoms with van der Waals surface area (Å²) in [6.07, 6.45) is 0. The fraction of sp³-hybridized carbons (Fsp3) is 0.778. The Morgan fingerprint density at radius 1 is 1.36 bits per heavy atom. The zero-order valence-corrected chi connectivity index (χ0v) is 9.18. The van der Waals surface area contributed by atoms with E-state index in [9.17, 15) is 9.59 Å². The van der Waals surface area contributed by atoms with Crippen LogP contribution >= 0.6 is 0 Å². The molecule has 1 atom stereocenters. The van der Waals surface area contributed by atoms with Gasteiger partial charge in [-0.1, -0.05) is 0 Å². The topological polar surface area (TPSA) is 84.2 Å². The van der Waals surface area contributed by atoms with Gasteiger partial charge in [0.05, 0.1) is 12.6 Å². The number of carbonyl (C=O) groups is 2. The smallest absolute Gasteiger partial charge is 0.239 e. The average molecular weight is 201 g/mol. The van der Waals surface area contributed by atoms with Crippen LogP contribution in [0, 0.1) is 0 Å². The molecule has 0 spiro atoms. The SMILES string of the molecule is C[C@@H](N)C(=O)NCC(=O)NC(C)(C)C. The van der Waals surface area contributed by atoms with Crippen molar-refractivity contribution in [1.29, 1.82) is 0 Å². The third-order valence-electron chi connectivity index (χ3n) is 1.35. The summed E-state index contributed by atoms with van der Waals surface area (Å²) in [5.41, 5.74) is 5.02. The van der Waals surface area contributed by atoms with E-state index in [4.69, 9.17) is 5.73 Å². The number of rotatable bonds is 3. The van der Waals surface area contributed by atoms with Gasteiger partial charge in [0, 0.05) is 5.54 Å². The summed E-state index contributed by atoms with van der Waals surface area (Å²) in [4.78, 5) is 22.2. The van der Waals surface area contributed by atoms with Crippen molar-refractivity contribution in [3.63, 3.8) is 0 Å². The highest BCUT2D eigenvalue weighted by Crippen LogP contribution is 1.96. The lowest BCUT2D eigenvalue weighted by Gasteiger charge is -2.20. The van der Waals surface area contributed by atoms with Gasteiger partial charge in [0.25, 0.3) is 0 Å². The molecule has 5 heteroatoms. The Morgan fingerprint density at radius 2 is 1.86 bits per heavy atom. The molecule has 0 heterocycles. The predicted molar refractivity (Wildman–Crippen MR) is 54.6 cm³/mol. The van der Waals surface area contributed by atoms with Gasteiger partial charge in [0.1, 0.15) is 0 Å². The minimum Gasteiger partial charge on any atom is -0.350 e. The second kappa shape index (κ2) is 4.95. The molecule has 0 unspecified atom stereocenters. The molecule has 0 fully saturated rings. The second-order valence-corrected chi connectivity index (χ2v) is 4.30. The van der Waals surface area contributed by atoms with Gasteiger partial charge in [-0.3, -0.25) is 9.59 Å². The minimum absolute atomic E-state index is 0.0301. The van der Waals surface area contributed by atoms with E-state index < -0.39 is 6.04 Å². The lowest BCUT2D eigenvalue weighted by molar-refractivity contribution is -0.127. The number of nitrogens with two attached hydrogens (primary N) is 1. The van der Waals surface area contributed by atoms with E-state index in [-0.39, 0.29) is 23.9 Å². The van der Waals surface area contributed by atoms with E-state index in [0.717, 1.165) is 0 Å². The largest absolute Gasteiger partial charge is 0.350 e. The zero-order valence-electron chi connectivity index (χ0n) is 9.18.